The van der Waals surface area contributed by atoms with Crippen LogP contribution in [0.1, 0.15) is 11.1 Å². The Morgan fingerprint density at radius 2 is 1.86 bits per heavy atom. The van der Waals surface area contributed by atoms with Gasteiger partial charge in [0.05, 0.1) is 4.47 Å². The van der Waals surface area contributed by atoms with Crippen molar-refractivity contribution >= 4 is 43.5 Å². The van der Waals surface area contributed by atoms with E-state index in [4.69, 9.17) is 11.6 Å². The van der Waals surface area contributed by atoms with Crippen LogP contribution in [0.15, 0.2) is 40.9 Å². The first-order valence-electron chi connectivity index (χ1n) is 6.44. The third-order valence-corrected chi connectivity index (χ3v) is 5.03. The SMILES string of the molecule is Fc1ccc(Br)c(F)c1CC(CBr)Cc1cccc(Cl)c1. The summed E-state index contributed by atoms with van der Waals surface area (Å²) in [7, 11) is 0. The molecule has 0 aliphatic carbocycles. The van der Waals surface area contributed by atoms with Gasteiger partial charge in [0.15, 0.2) is 0 Å². The summed E-state index contributed by atoms with van der Waals surface area (Å²) in [5.74, 6) is -0.943. The molecule has 0 amide bonds. The Morgan fingerprint density at radius 1 is 1.10 bits per heavy atom. The number of alkyl halides is 1. The second-order valence-electron chi connectivity index (χ2n) is 4.88. The minimum atomic E-state index is -0.521. The fraction of sp³-hybridized carbons (Fsp3) is 0.250. The van der Waals surface area contributed by atoms with E-state index in [1.165, 1.54) is 12.1 Å². The van der Waals surface area contributed by atoms with E-state index in [9.17, 15) is 8.78 Å². The molecule has 5 heteroatoms. The van der Waals surface area contributed by atoms with Crippen LogP contribution in [-0.2, 0) is 12.8 Å². The van der Waals surface area contributed by atoms with Crippen molar-refractivity contribution in [3.8, 4) is 0 Å². The molecule has 2 aromatic rings. The Kier molecular flexibility index (Phi) is 6.20. The molecular formula is C16H13Br2ClF2. The van der Waals surface area contributed by atoms with Crippen molar-refractivity contribution in [2.45, 2.75) is 12.8 Å². The third-order valence-electron chi connectivity index (χ3n) is 3.26. The van der Waals surface area contributed by atoms with Gasteiger partial charge in [0.2, 0.25) is 0 Å². The fourth-order valence-electron chi connectivity index (χ4n) is 2.22. The van der Waals surface area contributed by atoms with Crippen molar-refractivity contribution in [2.75, 3.05) is 5.33 Å². The lowest BCUT2D eigenvalue weighted by Crippen LogP contribution is -2.12. The van der Waals surface area contributed by atoms with Crippen molar-refractivity contribution in [3.05, 3.63) is 68.7 Å². The van der Waals surface area contributed by atoms with E-state index in [1.807, 2.05) is 24.3 Å². The third kappa shape index (κ3) is 4.51. The number of benzene rings is 2. The molecule has 0 spiro atoms. The molecule has 0 aliphatic rings. The van der Waals surface area contributed by atoms with E-state index < -0.39 is 11.6 Å². The van der Waals surface area contributed by atoms with Crippen molar-refractivity contribution < 1.29 is 8.78 Å². The highest BCUT2D eigenvalue weighted by atomic mass is 79.9. The van der Waals surface area contributed by atoms with Crippen molar-refractivity contribution in [1.82, 2.24) is 0 Å². The molecule has 1 unspecified atom stereocenters. The Morgan fingerprint density at radius 3 is 2.52 bits per heavy atom. The summed E-state index contributed by atoms with van der Waals surface area (Å²) in [5, 5.41) is 1.32. The lowest BCUT2D eigenvalue weighted by atomic mass is 9.93. The molecule has 0 heterocycles. The first-order valence-corrected chi connectivity index (χ1v) is 8.73. The Hall–Kier alpha value is -0.450. The lowest BCUT2D eigenvalue weighted by molar-refractivity contribution is 0.508. The molecule has 2 rings (SSSR count). The average Bonchev–Trinajstić information content (AvgIpc) is 2.46. The van der Waals surface area contributed by atoms with Gasteiger partial charge in [-0.15, -0.1) is 0 Å². The molecule has 0 N–H and O–H groups in total. The largest absolute Gasteiger partial charge is 0.207 e. The molecule has 1 atom stereocenters. The summed E-state index contributed by atoms with van der Waals surface area (Å²) >= 11 is 12.5. The van der Waals surface area contributed by atoms with E-state index in [0.29, 0.717) is 23.2 Å². The Bertz CT molecular complexity index is 632. The van der Waals surface area contributed by atoms with E-state index in [-0.39, 0.29) is 16.0 Å². The van der Waals surface area contributed by atoms with E-state index in [1.54, 1.807) is 0 Å². The van der Waals surface area contributed by atoms with Gasteiger partial charge in [0.25, 0.3) is 0 Å². The first kappa shape index (κ1) is 16.9. The van der Waals surface area contributed by atoms with E-state index in [2.05, 4.69) is 31.9 Å². The Balaban J connectivity index is 2.18. The number of hydrogen-bond donors (Lipinski definition) is 0. The molecule has 0 aromatic heterocycles. The van der Waals surface area contributed by atoms with Crippen LogP contribution in [0.5, 0.6) is 0 Å². The molecule has 21 heavy (non-hydrogen) atoms. The number of hydrogen-bond acceptors (Lipinski definition) is 0. The maximum atomic E-state index is 14.0. The van der Waals surface area contributed by atoms with Gasteiger partial charge in [-0.05, 0) is 64.5 Å². The number of rotatable bonds is 5. The van der Waals surface area contributed by atoms with Crippen LogP contribution in [0.4, 0.5) is 8.78 Å². The second kappa shape index (κ2) is 7.70. The zero-order chi connectivity index (χ0) is 15.4. The summed E-state index contributed by atoms with van der Waals surface area (Å²) in [6.07, 6.45) is 1.03. The molecule has 0 fully saturated rings. The minimum absolute atomic E-state index is 0.0850. The highest BCUT2D eigenvalue weighted by Crippen LogP contribution is 2.26. The lowest BCUT2D eigenvalue weighted by Gasteiger charge is -2.16. The van der Waals surface area contributed by atoms with Gasteiger partial charge in [0, 0.05) is 15.9 Å². The van der Waals surface area contributed by atoms with Crippen LogP contribution in [0.25, 0.3) is 0 Å². The maximum Gasteiger partial charge on any atom is 0.143 e. The first-order chi connectivity index (χ1) is 10.0. The van der Waals surface area contributed by atoms with Gasteiger partial charge in [0.1, 0.15) is 11.6 Å². The molecule has 2 aromatic carbocycles. The molecular weight excluding hydrogens is 425 g/mol. The second-order valence-corrected chi connectivity index (χ2v) is 6.82. The highest BCUT2D eigenvalue weighted by Gasteiger charge is 2.18. The quantitative estimate of drug-likeness (QED) is 0.386. The van der Waals surface area contributed by atoms with Crippen LogP contribution in [0.2, 0.25) is 5.02 Å². The molecule has 0 saturated heterocycles. The topological polar surface area (TPSA) is 0 Å². The standard InChI is InChI=1S/C16H13Br2ClF2/c17-9-11(6-10-2-1-3-12(19)7-10)8-13-15(20)5-4-14(18)16(13)21/h1-5,7,11H,6,8-9H2. The zero-order valence-corrected chi connectivity index (χ0v) is 15.0. The van der Waals surface area contributed by atoms with Gasteiger partial charge >= 0.3 is 0 Å². The average molecular weight is 439 g/mol. The van der Waals surface area contributed by atoms with Crippen LogP contribution in [0, 0.1) is 17.6 Å². The summed E-state index contributed by atoms with van der Waals surface area (Å²) in [6, 6.07) is 10.2. The Labute approximate surface area is 144 Å². The molecule has 0 nitrogen and oxygen atoms in total. The molecule has 0 bridgehead atoms. The predicted octanol–water partition coefficient (Wildman–Crippen LogP) is 6.18. The van der Waals surface area contributed by atoms with Crippen LogP contribution in [-0.4, -0.2) is 5.33 Å². The minimum Gasteiger partial charge on any atom is -0.207 e. The molecule has 0 radical (unpaired) electrons. The smallest absolute Gasteiger partial charge is 0.143 e. The van der Waals surface area contributed by atoms with Gasteiger partial charge < -0.3 is 0 Å². The summed E-state index contributed by atoms with van der Waals surface area (Å²) in [6.45, 7) is 0. The van der Waals surface area contributed by atoms with Crippen molar-refractivity contribution in [1.29, 1.82) is 0 Å². The van der Waals surface area contributed by atoms with Gasteiger partial charge in [-0.1, -0.05) is 39.7 Å². The van der Waals surface area contributed by atoms with Gasteiger partial charge in [-0.3, -0.25) is 0 Å². The summed E-state index contributed by atoms with van der Waals surface area (Å²) < 4.78 is 28.2. The predicted molar refractivity (Wildman–Crippen MR) is 90.2 cm³/mol. The van der Waals surface area contributed by atoms with Crippen molar-refractivity contribution in [2.24, 2.45) is 5.92 Å². The summed E-state index contributed by atoms with van der Waals surface area (Å²) in [5.41, 5.74) is 1.18. The zero-order valence-electron chi connectivity index (χ0n) is 11.1. The normalized spacial score (nSPS) is 12.4. The van der Waals surface area contributed by atoms with Crippen LogP contribution >= 0.6 is 43.5 Å². The fourth-order valence-corrected chi connectivity index (χ4v) is 3.27. The highest BCUT2D eigenvalue weighted by molar-refractivity contribution is 9.10. The van der Waals surface area contributed by atoms with Crippen LogP contribution < -0.4 is 0 Å². The molecule has 0 saturated carbocycles. The maximum absolute atomic E-state index is 14.0. The van der Waals surface area contributed by atoms with Gasteiger partial charge in [-0.2, -0.15) is 0 Å². The van der Waals surface area contributed by atoms with E-state index >= 15 is 0 Å². The summed E-state index contributed by atoms with van der Waals surface area (Å²) in [4.78, 5) is 0. The monoisotopic (exact) mass is 436 g/mol. The van der Waals surface area contributed by atoms with Crippen molar-refractivity contribution in [3.63, 3.8) is 0 Å². The molecule has 0 aliphatic heterocycles. The van der Waals surface area contributed by atoms with Crippen LogP contribution in [0.3, 0.4) is 0 Å². The van der Waals surface area contributed by atoms with Gasteiger partial charge in [-0.25, -0.2) is 8.78 Å². The van der Waals surface area contributed by atoms with E-state index in [0.717, 1.165) is 5.56 Å². The number of halogens is 5. The molecule has 112 valence electrons.